The van der Waals surface area contributed by atoms with Gasteiger partial charge in [0.15, 0.2) is 11.5 Å². The topological polar surface area (TPSA) is 73.2 Å². The van der Waals surface area contributed by atoms with Crippen LogP contribution >= 0.6 is 0 Å². The first-order valence-electron chi connectivity index (χ1n) is 8.80. The van der Waals surface area contributed by atoms with Crippen LogP contribution < -0.4 is 4.74 Å². The van der Waals surface area contributed by atoms with Gasteiger partial charge in [0, 0.05) is 18.2 Å². The number of hydrogen-bond acceptors (Lipinski definition) is 5. The molecule has 2 heterocycles. The summed E-state index contributed by atoms with van der Waals surface area (Å²) in [7, 11) is 0. The lowest BCUT2D eigenvalue weighted by atomic mass is 9.48. The molecule has 1 spiro atoms. The molecule has 1 saturated heterocycles. The van der Waals surface area contributed by atoms with Crippen LogP contribution in [0.3, 0.4) is 0 Å². The molecule has 128 valence electrons. The minimum atomic E-state index is -0.940. The van der Waals surface area contributed by atoms with Gasteiger partial charge in [-0.1, -0.05) is 12.1 Å². The summed E-state index contributed by atoms with van der Waals surface area (Å²) in [6, 6.07) is 3.62. The van der Waals surface area contributed by atoms with Crippen LogP contribution in [-0.4, -0.2) is 57.2 Å². The van der Waals surface area contributed by atoms with E-state index in [0.717, 1.165) is 37.1 Å². The van der Waals surface area contributed by atoms with E-state index in [1.165, 1.54) is 0 Å². The van der Waals surface area contributed by atoms with E-state index in [9.17, 15) is 15.3 Å². The first-order chi connectivity index (χ1) is 11.5. The SMILES string of the molecule is C=CCN1CC[C@]23c4c5ccc(O)c4O[C@H]2C(O)CC[C@@]3(O)[C@H]1C5. The van der Waals surface area contributed by atoms with E-state index in [1.54, 1.807) is 6.07 Å². The Bertz CT molecular complexity index is 734. The van der Waals surface area contributed by atoms with E-state index >= 15 is 0 Å². The van der Waals surface area contributed by atoms with Crippen LogP contribution in [0.25, 0.3) is 0 Å². The van der Waals surface area contributed by atoms with Crippen molar-refractivity contribution >= 4 is 0 Å². The molecule has 0 radical (unpaired) electrons. The summed E-state index contributed by atoms with van der Waals surface area (Å²) in [5.41, 5.74) is 0.518. The van der Waals surface area contributed by atoms with E-state index in [1.807, 2.05) is 12.1 Å². The second-order valence-corrected chi connectivity index (χ2v) is 7.74. The van der Waals surface area contributed by atoms with Crippen molar-refractivity contribution in [3.05, 3.63) is 35.9 Å². The number of phenolic OH excluding ortho intramolecular Hbond substituents is 1. The zero-order chi connectivity index (χ0) is 16.7. The fourth-order valence-electron chi connectivity index (χ4n) is 5.99. The molecular weight excluding hydrogens is 306 g/mol. The lowest BCUT2D eigenvalue weighted by Crippen LogP contribution is -2.77. The fourth-order valence-corrected chi connectivity index (χ4v) is 5.99. The summed E-state index contributed by atoms with van der Waals surface area (Å²) in [5.74, 6) is 0.589. The molecule has 1 aromatic rings. The van der Waals surface area contributed by atoms with Crippen molar-refractivity contribution in [1.82, 2.24) is 4.90 Å². The number of aromatic hydroxyl groups is 1. The minimum absolute atomic E-state index is 0.00848. The van der Waals surface area contributed by atoms with Crippen molar-refractivity contribution in [2.75, 3.05) is 13.1 Å². The molecule has 2 aliphatic carbocycles. The number of aliphatic hydroxyl groups excluding tert-OH is 1. The third kappa shape index (κ3) is 1.43. The highest BCUT2D eigenvalue weighted by atomic mass is 16.5. The molecule has 0 aromatic heterocycles. The monoisotopic (exact) mass is 329 g/mol. The number of ether oxygens (including phenoxy) is 1. The Labute approximate surface area is 141 Å². The maximum Gasteiger partial charge on any atom is 0.165 e. The predicted octanol–water partition coefficient (Wildman–Crippen LogP) is 1.09. The van der Waals surface area contributed by atoms with Gasteiger partial charge >= 0.3 is 0 Å². The average molecular weight is 329 g/mol. The summed E-state index contributed by atoms with van der Waals surface area (Å²) in [4.78, 5) is 2.31. The Morgan fingerprint density at radius 2 is 2.21 bits per heavy atom. The standard InChI is InChI=1S/C19H23NO4/c1-2-8-20-9-7-18-15-11-3-4-12(21)16(15)24-17(18)13(22)5-6-19(18,23)14(20)10-11/h2-4,13-14,17,21-23H,1,5-10H2/t13?,14-,17+,18+,19-/m1/s1. The molecular formula is C19H23NO4. The van der Waals surface area contributed by atoms with E-state index in [-0.39, 0.29) is 11.8 Å². The lowest BCUT2D eigenvalue weighted by molar-refractivity contribution is -0.206. The molecule has 2 bridgehead atoms. The van der Waals surface area contributed by atoms with E-state index in [4.69, 9.17) is 4.74 Å². The molecule has 5 rings (SSSR count). The Morgan fingerprint density at radius 1 is 1.38 bits per heavy atom. The van der Waals surface area contributed by atoms with Gasteiger partial charge in [0.2, 0.25) is 0 Å². The minimum Gasteiger partial charge on any atom is -0.504 e. The van der Waals surface area contributed by atoms with E-state index < -0.39 is 23.2 Å². The maximum absolute atomic E-state index is 11.9. The molecule has 2 aliphatic heterocycles. The summed E-state index contributed by atoms with van der Waals surface area (Å²) in [5, 5.41) is 32.8. The van der Waals surface area contributed by atoms with Crippen molar-refractivity contribution in [3.8, 4) is 11.5 Å². The number of likely N-dealkylation sites (tertiary alicyclic amines) is 1. The van der Waals surface area contributed by atoms with Gasteiger partial charge < -0.3 is 20.1 Å². The number of rotatable bonds is 2. The van der Waals surface area contributed by atoms with Gasteiger partial charge in [0.1, 0.15) is 6.10 Å². The van der Waals surface area contributed by atoms with Gasteiger partial charge in [-0.05, 0) is 43.9 Å². The molecule has 24 heavy (non-hydrogen) atoms. The van der Waals surface area contributed by atoms with Gasteiger partial charge in [-0.3, -0.25) is 4.90 Å². The van der Waals surface area contributed by atoms with Gasteiger partial charge in [-0.25, -0.2) is 0 Å². The van der Waals surface area contributed by atoms with Crippen LogP contribution in [0.4, 0.5) is 0 Å². The highest BCUT2D eigenvalue weighted by Crippen LogP contribution is 2.65. The predicted molar refractivity (Wildman–Crippen MR) is 88.3 cm³/mol. The van der Waals surface area contributed by atoms with Gasteiger partial charge in [0.05, 0.1) is 17.1 Å². The Balaban J connectivity index is 1.78. The number of piperidine rings is 1. The average Bonchev–Trinajstić information content (AvgIpc) is 2.91. The normalized spacial score (nSPS) is 42.3. The van der Waals surface area contributed by atoms with Crippen molar-refractivity contribution < 1.29 is 20.1 Å². The largest absolute Gasteiger partial charge is 0.504 e. The molecule has 2 fully saturated rings. The molecule has 4 aliphatic rings. The highest BCUT2D eigenvalue weighted by Gasteiger charge is 2.72. The number of aliphatic hydroxyl groups is 2. The molecule has 5 nitrogen and oxygen atoms in total. The molecule has 5 heteroatoms. The van der Waals surface area contributed by atoms with Crippen LogP contribution in [-0.2, 0) is 11.8 Å². The number of nitrogens with zero attached hydrogens (tertiary/aromatic N) is 1. The van der Waals surface area contributed by atoms with Gasteiger partial charge in [0.25, 0.3) is 0 Å². The zero-order valence-electron chi connectivity index (χ0n) is 13.6. The Morgan fingerprint density at radius 3 is 3.00 bits per heavy atom. The smallest absolute Gasteiger partial charge is 0.165 e. The quantitative estimate of drug-likeness (QED) is 0.709. The first-order valence-corrected chi connectivity index (χ1v) is 8.80. The molecule has 3 N–H and O–H groups in total. The molecule has 1 unspecified atom stereocenters. The lowest BCUT2D eigenvalue weighted by Gasteiger charge is -2.63. The van der Waals surface area contributed by atoms with Gasteiger partial charge in [-0.2, -0.15) is 0 Å². The molecule has 5 atom stereocenters. The Hall–Kier alpha value is -1.56. The molecule has 0 amide bonds. The highest BCUT2D eigenvalue weighted by molar-refractivity contribution is 5.62. The maximum atomic E-state index is 11.9. The van der Waals surface area contributed by atoms with E-state index in [2.05, 4.69) is 11.5 Å². The number of hydrogen-bond donors (Lipinski definition) is 3. The van der Waals surface area contributed by atoms with Crippen LogP contribution in [0.15, 0.2) is 24.8 Å². The first kappa shape index (κ1) is 14.8. The summed E-state index contributed by atoms with van der Waals surface area (Å²) >= 11 is 0. The second-order valence-electron chi connectivity index (χ2n) is 7.74. The number of phenols is 1. The van der Waals surface area contributed by atoms with Crippen molar-refractivity contribution in [3.63, 3.8) is 0 Å². The van der Waals surface area contributed by atoms with Crippen molar-refractivity contribution in [2.24, 2.45) is 0 Å². The van der Waals surface area contributed by atoms with Crippen molar-refractivity contribution in [1.29, 1.82) is 0 Å². The van der Waals surface area contributed by atoms with Crippen molar-refractivity contribution in [2.45, 2.75) is 54.9 Å². The van der Waals surface area contributed by atoms with E-state index in [0.29, 0.717) is 18.6 Å². The van der Waals surface area contributed by atoms with Crippen LogP contribution in [0.5, 0.6) is 11.5 Å². The van der Waals surface area contributed by atoms with Crippen LogP contribution in [0, 0.1) is 0 Å². The van der Waals surface area contributed by atoms with Crippen LogP contribution in [0.1, 0.15) is 30.4 Å². The third-order valence-electron chi connectivity index (χ3n) is 6.91. The second kappa shape index (κ2) is 4.54. The third-order valence-corrected chi connectivity index (χ3v) is 6.91. The molecule has 1 aromatic carbocycles. The zero-order valence-corrected chi connectivity index (χ0v) is 13.6. The summed E-state index contributed by atoms with van der Waals surface area (Å²) < 4.78 is 6.08. The molecule has 1 saturated carbocycles. The van der Waals surface area contributed by atoms with Crippen LogP contribution in [0.2, 0.25) is 0 Å². The summed E-state index contributed by atoms with van der Waals surface area (Å²) in [6.07, 6.45) is 3.33. The summed E-state index contributed by atoms with van der Waals surface area (Å²) in [6.45, 7) is 5.44. The number of benzene rings is 1. The Kier molecular flexibility index (Phi) is 2.79. The fraction of sp³-hybridized carbons (Fsp3) is 0.579. The van der Waals surface area contributed by atoms with Gasteiger partial charge in [-0.15, -0.1) is 6.58 Å².